The summed E-state index contributed by atoms with van der Waals surface area (Å²) >= 11 is 0. The Labute approximate surface area is 173 Å². The van der Waals surface area contributed by atoms with Crippen molar-refractivity contribution in [1.29, 1.82) is 0 Å². The summed E-state index contributed by atoms with van der Waals surface area (Å²) in [6.07, 6.45) is 1.67. The van der Waals surface area contributed by atoms with E-state index in [2.05, 4.69) is 25.5 Å². The van der Waals surface area contributed by atoms with Crippen molar-refractivity contribution in [3.05, 3.63) is 108 Å². The number of hydrogen-bond acceptors (Lipinski definition) is 3. The van der Waals surface area contributed by atoms with Crippen molar-refractivity contribution in [3.8, 4) is 11.3 Å². The molecule has 3 N–H and O–H groups in total. The van der Waals surface area contributed by atoms with Gasteiger partial charge >= 0.3 is 0 Å². The van der Waals surface area contributed by atoms with E-state index in [1.165, 1.54) is 0 Å². The summed E-state index contributed by atoms with van der Waals surface area (Å²) in [7, 11) is 0. The molecule has 0 saturated heterocycles. The molecule has 146 valence electrons. The summed E-state index contributed by atoms with van der Waals surface area (Å²) in [6.45, 7) is 0. The fourth-order valence-corrected chi connectivity index (χ4v) is 3.54. The number of rotatable bonds is 5. The fourth-order valence-electron chi connectivity index (χ4n) is 3.54. The topological polar surface area (TPSA) is 86.5 Å². The van der Waals surface area contributed by atoms with Gasteiger partial charge < -0.3 is 10.3 Å². The lowest BCUT2D eigenvalue weighted by Gasteiger charge is -2.19. The van der Waals surface area contributed by atoms with Gasteiger partial charge in [0.15, 0.2) is 0 Å². The fraction of sp³-hybridized carbons (Fsp3) is 0.0417. The molecule has 0 aliphatic heterocycles. The van der Waals surface area contributed by atoms with Crippen LogP contribution in [0.2, 0.25) is 0 Å². The molecule has 0 saturated carbocycles. The van der Waals surface area contributed by atoms with Gasteiger partial charge in [-0.3, -0.25) is 9.89 Å². The Balaban J connectivity index is 1.46. The second kappa shape index (κ2) is 7.67. The van der Waals surface area contributed by atoms with Gasteiger partial charge in [-0.15, -0.1) is 0 Å². The van der Waals surface area contributed by atoms with Crippen LogP contribution in [0.5, 0.6) is 0 Å². The van der Waals surface area contributed by atoms with Gasteiger partial charge in [0.05, 0.1) is 29.1 Å². The lowest BCUT2D eigenvalue weighted by molar-refractivity contribution is 0.0938. The number of benzene rings is 3. The number of fused-ring (bicyclic) bond motifs is 1. The molecular weight excluding hydrogens is 374 g/mol. The first-order chi connectivity index (χ1) is 14.8. The van der Waals surface area contributed by atoms with Gasteiger partial charge in [-0.05, 0) is 29.3 Å². The van der Waals surface area contributed by atoms with E-state index in [0.29, 0.717) is 5.69 Å². The molecule has 0 spiro atoms. The lowest BCUT2D eigenvalue weighted by Crippen LogP contribution is -2.29. The second-order valence-electron chi connectivity index (χ2n) is 7.03. The van der Waals surface area contributed by atoms with Crippen molar-refractivity contribution in [3.63, 3.8) is 0 Å². The molecule has 1 atom stereocenters. The summed E-state index contributed by atoms with van der Waals surface area (Å²) in [5, 5.41) is 10.3. The van der Waals surface area contributed by atoms with E-state index in [1.54, 1.807) is 12.4 Å². The Morgan fingerprint density at radius 1 is 0.867 bits per heavy atom. The van der Waals surface area contributed by atoms with Gasteiger partial charge in [-0.25, -0.2) is 4.98 Å². The van der Waals surface area contributed by atoms with E-state index in [9.17, 15) is 4.79 Å². The maximum Gasteiger partial charge on any atom is 0.270 e. The van der Waals surface area contributed by atoms with Crippen molar-refractivity contribution in [2.24, 2.45) is 0 Å². The van der Waals surface area contributed by atoms with E-state index in [4.69, 9.17) is 0 Å². The molecule has 3 aromatic carbocycles. The Kier molecular flexibility index (Phi) is 4.57. The quantitative estimate of drug-likeness (QED) is 0.412. The molecule has 0 aliphatic carbocycles. The van der Waals surface area contributed by atoms with Crippen LogP contribution in [0.3, 0.4) is 0 Å². The minimum absolute atomic E-state index is 0.219. The van der Waals surface area contributed by atoms with Gasteiger partial charge in [0, 0.05) is 5.56 Å². The molecule has 1 amide bonds. The molecule has 1 unspecified atom stereocenters. The van der Waals surface area contributed by atoms with E-state index < -0.39 is 0 Å². The predicted octanol–water partition coefficient (Wildman–Crippen LogP) is 4.47. The molecule has 0 fully saturated rings. The third kappa shape index (κ3) is 3.46. The zero-order valence-corrected chi connectivity index (χ0v) is 16.0. The summed E-state index contributed by atoms with van der Waals surface area (Å²) in [4.78, 5) is 20.5. The number of H-pyrrole nitrogens is 2. The number of amides is 1. The van der Waals surface area contributed by atoms with E-state index in [1.807, 2.05) is 78.9 Å². The van der Waals surface area contributed by atoms with Crippen LogP contribution in [0.15, 0.2) is 91.3 Å². The zero-order valence-electron chi connectivity index (χ0n) is 16.0. The smallest absolute Gasteiger partial charge is 0.270 e. The zero-order chi connectivity index (χ0) is 20.3. The van der Waals surface area contributed by atoms with E-state index in [0.717, 1.165) is 33.4 Å². The first-order valence-electron chi connectivity index (χ1n) is 9.67. The number of carbonyl (C=O) groups excluding carboxylic acids is 1. The standard InChI is InChI=1S/C24H19N5O/c30-24(22-14-20(28-29-22)16-7-3-1-4-8-16)27-23(17-9-5-2-6-10-17)18-11-12-19-21(13-18)26-15-25-19/h1-15,23H,(H,25,26)(H,27,30)(H,28,29). The number of imidazole rings is 1. The van der Waals surface area contributed by atoms with Crippen LogP contribution in [-0.4, -0.2) is 26.1 Å². The summed E-state index contributed by atoms with van der Waals surface area (Å²) in [5.41, 5.74) is 5.88. The highest BCUT2D eigenvalue weighted by atomic mass is 16.2. The maximum absolute atomic E-state index is 13.1. The third-order valence-corrected chi connectivity index (χ3v) is 5.08. The van der Waals surface area contributed by atoms with Gasteiger partial charge in [0.2, 0.25) is 0 Å². The first-order valence-corrected chi connectivity index (χ1v) is 9.67. The molecule has 0 bridgehead atoms. The molecule has 5 rings (SSSR count). The molecule has 6 nitrogen and oxygen atoms in total. The van der Waals surface area contributed by atoms with Gasteiger partial charge in [0.1, 0.15) is 5.69 Å². The third-order valence-electron chi connectivity index (χ3n) is 5.08. The molecule has 2 heterocycles. The number of aromatic nitrogens is 4. The molecule has 6 heteroatoms. The molecule has 30 heavy (non-hydrogen) atoms. The van der Waals surface area contributed by atoms with Crippen LogP contribution in [0.25, 0.3) is 22.3 Å². The minimum atomic E-state index is -0.310. The highest BCUT2D eigenvalue weighted by Gasteiger charge is 2.20. The van der Waals surface area contributed by atoms with E-state index >= 15 is 0 Å². The average molecular weight is 393 g/mol. The molecule has 5 aromatic rings. The largest absolute Gasteiger partial charge is 0.345 e. The van der Waals surface area contributed by atoms with Gasteiger partial charge in [0.25, 0.3) is 5.91 Å². The van der Waals surface area contributed by atoms with Crippen LogP contribution in [0, 0.1) is 0 Å². The first kappa shape index (κ1) is 17.9. The number of carbonyl (C=O) groups is 1. The SMILES string of the molecule is O=C(NC(c1ccccc1)c1ccc2nc[nH]c2c1)c1cc(-c2ccccc2)n[nH]1. The van der Waals surface area contributed by atoms with Gasteiger partial charge in [-0.2, -0.15) is 5.10 Å². The maximum atomic E-state index is 13.1. The van der Waals surface area contributed by atoms with Crippen molar-refractivity contribution >= 4 is 16.9 Å². The van der Waals surface area contributed by atoms with Crippen LogP contribution in [0.4, 0.5) is 0 Å². The Morgan fingerprint density at radius 2 is 1.63 bits per heavy atom. The number of hydrogen-bond donors (Lipinski definition) is 3. The molecule has 2 aromatic heterocycles. The molecular formula is C24H19N5O. The molecule has 0 radical (unpaired) electrons. The van der Waals surface area contributed by atoms with Crippen LogP contribution >= 0.6 is 0 Å². The lowest BCUT2D eigenvalue weighted by atomic mass is 9.98. The normalized spacial score (nSPS) is 12.0. The number of nitrogens with zero attached hydrogens (tertiary/aromatic N) is 2. The minimum Gasteiger partial charge on any atom is -0.345 e. The van der Waals surface area contributed by atoms with E-state index in [-0.39, 0.29) is 11.9 Å². The Bertz CT molecular complexity index is 1290. The predicted molar refractivity (Wildman–Crippen MR) is 116 cm³/mol. The van der Waals surface area contributed by atoms with Crippen LogP contribution in [-0.2, 0) is 0 Å². The monoisotopic (exact) mass is 393 g/mol. The van der Waals surface area contributed by atoms with Crippen molar-refractivity contribution < 1.29 is 4.79 Å². The highest BCUT2D eigenvalue weighted by molar-refractivity contribution is 5.94. The number of aromatic amines is 2. The van der Waals surface area contributed by atoms with Crippen LogP contribution < -0.4 is 5.32 Å². The Hall–Kier alpha value is -4.19. The van der Waals surface area contributed by atoms with Gasteiger partial charge in [-0.1, -0.05) is 66.7 Å². The summed E-state index contributed by atoms with van der Waals surface area (Å²) in [6, 6.07) is 27.1. The Morgan fingerprint density at radius 3 is 2.43 bits per heavy atom. The van der Waals surface area contributed by atoms with Crippen molar-refractivity contribution in [1.82, 2.24) is 25.5 Å². The second-order valence-corrected chi connectivity index (χ2v) is 7.03. The molecule has 0 aliphatic rings. The summed E-state index contributed by atoms with van der Waals surface area (Å²) in [5.74, 6) is -0.219. The van der Waals surface area contributed by atoms with Crippen LogP contribution in [0.1, 0.15) is 27.7 Å². The average Bonchev–Trinajstić information content (AvgIpc) is 3.48. The summed E-state index contributed by atoms with van der Waals surface area (Å²) < 4.78 is 0. The van der Waals surface area contributed by atoms with Crippen molar-refractivity contribution in [2.75, 3.05) is 0 Å². The number of nitrogens with one attached hydrogen (secondary N) is 3. The van der Waals surface area contributed by atoms with Crippen molar-refractivity contribution in [2.45, 2.75) is 6.04 Å². The highest BCUT2D eigenvalue weighted by Crippen LogP contribution is 2.25.